The molecule has 1 aliphatic heterocycles. The highest BCUT2D eigenvalue weighted by atomic mass is 32.1. The van der Waals surface area contributed by atoms with Gasteiger partial charge in [0.2, 0.25) is 5.91 Å². The molecule has 1 saturated heterocycles. The highest BCUT2D eigenvalue weighted by molar-refractivity contribution is 7.11. The number of carbonyl (C=O) groups is 1. The number of likely N-dealkylation sites (tertiary alicyclic amines) is 1. The van der Waals surface area contributed by atoms with Crippen molar-refractivity contribution in [3.8, 4) is 0 Å². The fraction of sp³-hybridized carbons (Fsp3) is 0.550. The minimum absolute atomic E-state index is 0.279. The van der Waals surface area contributed by atoms with Crippen molar-refractivity contribution in [2.45, 2.75) is 50.9 Å². The number of rotatable bonds is 4. The van der Waals surface area contributed by atoms with Crippen LogP contribution in [0.2, 0.25) is 0 Å². The van der Waals surface area contributed by atoms with Crippen molar-refractivity contribution in [2.24, 2.45) is 5.92 Å². The first-order valence-corrected chi connectivity index (χ1v) is 10.3. The third kappa shape index (κ3) is 3.92. The lowest BCUT2D eigenvalue weighted by molar-refractivity contribution is -0.136. The van der Waals surface area contributed by atoms with E-state index in [9.17, 15) is 4.79 Å². The van der Waals surface area contributed by atoms with E-state index in [2.05, 4.69) is 39.4 Å². The number of nitrogens with zero attached hydrogens (tertiary/aromatic N) is 3. The van der Waals surface area contributed by atoms with Crippen molar-refractivity contribution in [1.82, 2.24) is 15.1 Å². The largest absolute Gasteiger partial charge is 0.342 e. The Morgan fingerprint density at radius 3 is 2.68 bits per heavy atom. The van der Waals surface area contributed by atoms with Crippen LogP contribution < -0.4 is 0 Å². The monoisotopic (exact) mass is 355 g/mol. The van der Waals surface area contributed by atoms with Gasteiger partial charge >= 0.3 is 0 Å². The first kappa shape index (κ1) is 16.7. The van der Waals surface area contributed by atoms with E-state index in [1.807, 2.05) is 6.07 Å². The molecule has 0 spiro atoms. The third-order valence-electron chi connectivity index (χ3n) is 5.47. The molecule has 0 bridgehead atoms. The molecule has 4 nitrogen and oxygen atoms in total. The molecule has 1 aromatic heterocycles. The number of amides is 1. The molecular formula is C20H25N3OS. The lowest BCUT2D eigenvalue weighted by atomic mass is 9.96. The van der Waals surface area contributed by atoms with Crippen molar-refractivity contribution in [3.05, 3.63) is 45.9 Å². The summed E-state index contributed by atoms with van der Waals surface area (Å²) in [6.07, 6.45) is 7.64. The average Bonchev–Trinajstić information content (AvgIpc) is 3.34. The molecule has 0 N–H and O–H groups in total. The third-order valence-corrected chi connectivity index (χ3v) is 6.55. The number of piperidine rings is 1. The van der Waals surface area contributed by atoms with Gasteiger partial charge in [-0.1, -0.05) is 43.2 Å². The molecule has 1 amide bonds. The second-order valence-corrected chi connectivity index (χ2v) is 8.39. The van der Waals surface area contributed by atoms with Gasteiger partial charge in [-0.3, -0.25) is 4.79 Å². The first-order valence-electron chi connectivity index (χ1n) is 9.44. The molecule has 0 radical (unpaired) electrons. The Labute approximate surface area is 153 Å². The van der Waals surface area contributed by atoms with E-state index in [0.717, 1.165) is 55.2 Å². The Bertz CT molecular complexity index is 709. The van der Waals surface area contributed by atoms with Gasteiger partial charge in [-0.25, -0.2) is 0 Å². The molecule has 1 saturated carbocycles. The van der Waals surface area contributed by atoms with Crippen LogP contribution in [-0.2, 0) is 11.2 Å². The normalized spacial score (nSPS) is 21.6. The highest BCUT2D eigenvalue weighted by Gasteiger charge is 2.32. The SMILES string of the molecule is O=C(C1CCCC1)N1CCC[C@@H](c2nnc(Cc3ccccc3)s2)C1. The van der Waals surface area contributed by atoms with Gasteiger partial charge in [-0.15, -0.1) is 21.5 Å². The molecule has 2 aromatic rings. The molecule has 2 fully saturated rings. The fourth-order valence-corrected chi connectivity index (χ4v) is 5.09. The van der Waals surface area contributed by atoms with Gasteiger partial charge in [0.1, 0.15) is 10.0 Å². The summed E-state index contributed by atoms with van der Waals surface area (Å²) in [5, 5.41) is 11.0. The van der Waals surface area contributed by atoms with Crippen molar-refractivity contribution in [3.63, 3.8) is 0 Å². The van der Waals surface area contributed by atoms with Gasteiger partial charge in [0.25, 0.3) is 0 Å². The van der Waals surface area contributed by atoms with Gasteiger partial charge in [0, 0.05) is 31.3 Å². The molecular weight excluding hydrogens is 330 g/mol. The zero-order valence-corrected chi connectivity index (χ0v) is 15.4. The van der Waals surface area contributed by atoms with Crippen molar-refractivity contribution >= 4 is 17.2 Å². The van der Waals surface area contributed by atoms with Gasteiger partial charge < -0.3 is 4.90 Å². The van der Waals surface area contributed by atoms with E-state index >= 15 is 0 Å². The summed E-state index contributed by atoms with van der Waals surface area (Å²) in [4.78, 5) is 14.8. The molecule has 0 unspecified atom stereocenters. The van der Waals surface area contributed by atoms with Crippen molar-refractivity contribution in [1.29, 1.82) is 0 Å². The molecule has 5 heteroatoms. The fourth-order valence-electron chi connectivity index (χ4n) is 4.08. The zero-order chi connectivity index (χ0) is 17.1. The molecule has 1 aliphatic carbocycles. The van der Waals surface area contributed by atoms with Crippen molar-refractivity contribution in [2.75, 3.05) is 13.1 Å². The predicted molar refractivity (Wildman–Crippen MR) is 99.7 cm³/mol. The summed E-state index contributed by atoms with van der Waals surface area (Å²) in [5.41, 5.74) is 1.27. The second kappa shape index (κ2) is 7.65. The molecule has 2 heterocycles. The van der Waals surface area contributed by atoms with E-state index in [1.54, 1.807) is 11.3 Å². The van der Waals surface area contributed by atoms with E-state index in [0.29, 0.717) is 11.8 Å². The number of aromatic nitrogens is 2. The lowest BCUT2D eigenvalue weighted by Gasteiger charge is -2.33. The van der Waals surface area contributed by atoms with Crippen LogP contribution in [0.4, 0.5) is 0 Å². The molecule has 132 valence electrons. The van der Waals surface area contributed by atoms with Crippen molar-refractivity contribution < 1.29 is 4.79 Å². The Morgan fingerprint density at radius 1 is 1.08 bits per heavy atom. The topological polar surface area (TPSA) is 46.1 Å². The van der Waals surface area contributed by atoms with E-state index in [4.69, 9.17) is 0 Å². The maximum atomic E-state index is 12.7. The van der Waals surface area contributed by atoms with E-state index in [-0.39, 0.29) is 5.92 Å². The summed E-state index contributed by atoms with van der Waals surface area (Å²) in [7, 11) is 0. The van der Waals surface area contributed by atoms with E-state index < -0.39 is 0 Å². The Balaban J connectivity index is 1.40. The van der Waals surface area contributed by atoms with Crippen LogP contribution in [0.25, 0.3) is 0 Å². The van der Waals surface area contributed by atoms with Crippen LogP contribution in [0.5, 0.6) is 0 Å². The molecule has 1 aromatic carbocycles. The summed E-state index contributed by atoms with van der Waals surface area (Å²) in [6.45, 7) is 1.75. The molecule has 25 heavy (non-hydrogen) atoms. The summed E-state index contributed by atoms with van der Waals surface area (Å²) in [6, 6.07) is 10.4. The Kier molecular flexibility index (Phi) is 5.11. The quantitative estimate of drug-likeness (QED) is 0.832. The van der Waals surface area contributed by atoms with Gasteiger partial charge in [0.05, 0.1) is 0 Å². The molecule has 4 rings (SSSR count). The maximum absolute atomic E-state index is 12.7. The van der Waals surface area contributed by atoms with Crippen LogP contribution in [0.15, 0.2) is 30.3 Å². The van der Waals surface area contributed by atoms with Crippen LogP contribution >= 0.6 is 11.3 Å². The second-order valence-electron chi connectivity index (χ2n) is 7.30. The molecule has 2 aliphatic rings. The summed E-state index contributed by atoms with van der Waals surface area (Å²) >= 11 is 1.72. The minimum Gasteiger partial charge on any atom is -0.342 e. The van der Waals surface area contributed by atoms with Crippen LogP contribution in [0.3, 0.4) is 0 Å². The Hall–Kier alpha value is -1.75. The average molecular weight is 356 g/mol. The Morgan fingerprint density at radius 2 is 1.88 bits per heavy atom. The highest BCUT2D eigenvalue weighted by Crippen LogP contribution is 2.33. The lowest BCUT2D eigenvalue weighted by Crippen LogP contribution is -2.41. The standard InChI is InChI=1S/C20H25N3OS/c24-20(16-9-4-5-10-16)23-12-6-11-17(14-23)19-22-21-18(25-19)13-15-7-2-1-3-8-15/h1-3,7-8,16-17H,4-6,9-14H2/t17-/m1/s1. The summed E-state index contributed by atoms with van der Waals surface area (Å²) in [5.74, 6) is 1.03. The predicted octanol–water partition coefficient (Wildman–Crippen LogP) is 4.03. The summed E-state index contributed by atoms with van der Waals surface area (Å²) < 4.78 is 0. The van der Waals surface area contributed by atoms with Crippen LogP contribution in [-0.4, -0.2) is 34.1 Å². The van der Waals surface area contributed by atoms with Crippen LogP contribution in [0.1, 0.15) is 60.0 Å². The number of benzene rings is 1. The van der Waals surface area contributed by atoms with Gasteiger partial charge in [-0.2, -0.15) is 0 Å². The smallest absolute Gasteiger partial charge is 0.225 e. The van der Waals surface area contributed by atoms with Gasteiger partial charge in [-0.05, 0) is 31.2 Å². The first-order chi connectivity index (χ1) is 12.3. The number of carbonyl (C=O) groups excluding carboxylic acids is 1. The molecule has 1 atom stereocenters. The minimum atomic E-state index is 0.279. The number of hydrogen-bond acceptors (Lipinski definition) is 4. The number of hydrogen-bond donors (Lipinski definition) is 0. The zero-order valence-electron chi connectivity index (χ0n) is 14.6. The van der Waals surface area contributed by atoms with Crippen LogP contribution in [0, 0.1) is 5.92 Å². The van der Waals surface area contributed by atoms with E-state index in [1.165, 1.54) is 18.4 Å². The maximum Gasteiger partial charge on any atom is 0.225 e. The van der Waals surface area contributed by atoms with Gasteiger partial charge in [0.15, 0.2) is 0 Å².